The number of nitrogens with zero attached hydrogens (tertiary/aromatic N) is 1. The third-order valence-electron chi connectivity index (χ3n) is 4.45. The lowest BCUT2D eigenvalue weighted by atomic mass is 9.86. The standard InChI is InChI=1S/C21H30N/c1-7-11-18(16-21(2,3)4)22(5,6)20-15-10-13-17-12-8-9-14-19(17)20/h7-15,18H,16H2,1-6H3/q+1/b11-7+. The van der Waals surface area contributed by atoms with Crippen LogP contribution in [-0.2, 0) is 0 Å². The summed E-state index contributed by atoms with van der Waals surface area (Å²) in [6.07, 6.45) is 5.72. The molecule has 22 heavy (non-hydrogen) atoms. The second-order valence-electron chi connectivity index (χ2n) is 7.90. The van der Waals surface area contributed by atoms with Crippen LogP contribution < -0.4 is 4.48 Å². The molecule has 0 saturated heterocycles. The molecule has 0 aliphatic heterocycles. The Morgan fingerprint density at radius 3 is 2.27 bits per heavy atom. The molecule has 0 radical (unpaired) electrons. The summed E-state index contributed by atoms with van der Waals surface area (Å²) < 4.78 is 0.878. The van der Waals surface area contributed by atoms with Crippen molar-refractivity contribution in [2.45, 2.75) is 40.2 Å². The molecule has 0 N–H and O–H groups in total. The van der Waals surface area contributed by atoms with Crippen LogP contribution >= 0.6 is 0 Å². The Kier molecular flexibility index (Phi) is 4.77. The summed E-state index contributed by atoms with van der Waals surface area (Å²) >= 11 is 0. The van der Waals surface area contributed by atoms with Gasteiger partial charge in [-0.15, -0.1) is 0 Å². The minimum atomic E-state index is 0.310. The molecule has 0 saturated carbocycles. The zero-order valence-corrected chi connectivity index (χ0v) is 14.9. The third kappa shape index (κ3) is 3.59. The molecule has 2 rings (SSSR count). The quantitative estimate of drug-likeness (QED) is 0.495. The molecule has 0 spiro atoms. The largest absolute Gasteiger partial charge is 0.290 e. The first-order valence-electron chi connectivity index (χ1n) is 8.20. The van der Waals surface area contributed by atoms with Crippen LogP contribution in [0.3, 0.4) is 0 Å². The minimum absolute atomic E-state index is 0.310. The van der Waals surface area contributed by atoms with Crippen LogP contribution in [0.5, 0.6) is 0 Å². The van der Waals surface area contributed by atoms with E-state index >= 15 is 0 Å². The Labute approximate surface area is 135 Å². The Morgan fingerprint density at radius 1 is 1.00 bits per heavy atom. The molecule has 0 amide bonds. The first kappa shape index (κ1) is 16.8. The maximum absolute atomic E-state index is 2.37. The zero-order valence-electron chi connectivity index (χ0n) is 14.9. The predicted octanol–water partition coefficient (Wildman–Crippen LogP) is 5.79. The van der Waals surface area contributed by atoms with Gasteiger partial charge in [0, 0.05) is 11.8 Å². The number of quaternary nitrogens is 1. The smallest absolute Gasteiger partial charge is 0.140 e. The van der Waals surface area contributed by atoms with Gasteiger partial charge in [-0.25, -0.2) is 0 Å². The summed E-state index contributed by atoms with van der Waals surface area (Å²) in [6, 6.07) is 15.8. The third-order valence-corrected chi connectivity index (χ3v) is 4.45. The molecule has 0 aliphatic carbocycles. The van der Waals surface area contributed by atoms with Gasteiger partial charge in [0.15, 0.2) is 0 Å². The normalized spacial score (nSPS) is 14.6. The molecule has 1 heteroatoms. The van der Waals surface area contributed by atoms with E-state index in [9.17, 15) is 0 Å². The monoisotopic (exact) mass is 296 g/mol. The summed E-state index contributed by atoms with van der Waals surface area (Å²) in [6.45, 7) is 9.10. The van der Waals surface area contributed by atoms with E-state index in [0.717, 1.165) is 10.9 Å². The first-order valence-corrected chi connectivity index (χ1v) is 8.20. The molecule has 1 nitrogen and oxygen atoms in total. The summed E-state index contributed by atoms with van der Waals surface area (Å²) in [7, 11) is 4.66. The van der Waals surface area contributed by atoms with Gasteiger partial charge in [-0.3, -0.25) is 4.48 Å². The van der Waals surface area contributed by atoms with Crippen LogP contribution in [0, 0.1) is 5.41 Å². The molecular formula is C21H30N+. The summed E-state index contributed by atoms with van der Waals surface area (Å²) in [5.41, 5.74) is 1.70. The Bertz CT molecular complexity index is 654. The van der Waals surface area contributed by atoms with Crippen LogP contribution in [0.1, 0.15) is 34.1 Å². The van der Waals surface area contributed by atoms with Crippen LogP contribution in [0.15, 0.2) is 54.6 Å². The molecule has 2 aromatic carbocycles. The van der Waals surface area contributed by atoms with Gasteiger partial charge in [0.2, 0.25) is 0 Å². The summed E-state index contributed by atoms with van der Waals surface area (Å²) in [4.78, 5) is 0. The average Bonchev–Trinajstić information content (AvgIpc) is 2.45. The fraction of sp³-hybridized carbons (Fsp3) is 0.429. The van der Waals surface area contributed by atoms with Crippen molar-refractivity contribution in [1.29, 1.82) is 0 Å². The molecule has 0 heterocycles. The van der Waals surface area contributed by atoms with Crippen molar-refractivity contribution >= 4 is 16.5 Å². The maximum Gasteiger partial charge on any atom is 0.140 e. The molecule has 1 unspecified atom stereocenters. The van der Waals surface area contributed by atoms with Crippen molar-refractivity contribution in [1.82, 2.24) is 4.48 Å². The van der Waals surface area contributed by atoms with E-state index in [2.05, 4.69) is 96.4 Å². The van der Waals surface area contributed by atoms with E-state index in [1.807, 2.05) is 0 Å². The van der Waals surface area contributed by atoms with Crippen molar-refractivity contribution in [2.24, 2.45) is 5.41 Å². The summed E-state index contributed by atoms with van der Waals surface area (Å²) in [5, 5.41) is 2.68. The fourth-order valence-corrected chi connectivity index (χ4v) is 3.25. The second kappa shape index (κ2) is 6.26. The molecule has 0 bridgehead atoms. The molecule has 0 aliphatic rings. The van der Waals surface area contributed by atoms with Crippen LogP contribution in [0.25, 0.3) is 10.8 Å². The minimum Gasteiger partial charge on any atom is -0.290 e. The molecule has 0 aromatic heterocycles. The van der Waals surface area contributed by atoms with Gasteiger partial charge in [-0.1, -0.05) is 57.2 Å². The van der Waals surface area contributed by atoms with E-state index in [4.69, 9.17) is 0 Å². The summed E-state index contributed by atoms with van der Waals surface area (Å²) in [5.74, 6) is 0. The van der Waals surface area contributed by atoms with Gasteiger partial charge in [-0.05, 0) is 35.9 Å². The van der Waals surface area contributed by atoms with Crippen LogP contribution in [0.2, 0.25) is 0 Å². The van der Waals surface area contributed by atoms with Gasteiger partial charge >= 0.3 is 0 Å². The van der Waals surface area contributed by atoms with Crippen molar-refractivity contribution in [2.75, 3.05) is 14.1 Å². The van der Waals surface area contributed by atoms with Gasteiger partial charge in [0.1, 0.15) is 11.7 Å². The van der Waals surface area contributed by atoms with Gasteiger partial charge in [0.05, 0.1) is 14.1 Å². The van der Waals surface area contributed by atoms with E-state index in [-0.39, 0.29) is 0 Å². The Hall–Kier alpha value is -1.60. The molecule has 0 fully saturated rings. The number of likely N-dealkylation sites (N-methyl/N-ethyl adjacent to an activating group) is 1. The highest BCUT2D eigenvalue weighted by atomic mass is 15.3. The predicted molar refractivity (Wildman–Crippen MR) is 100 cm³/mol. The molecule has 118 valence electrons. The van der Waals surface area contributed by atoms with Gasteiger partial charge < -0.3 is 0 Å². The second-order valence-corrected chi connectivity index (χ2v) is 7.90. The fourth-order valence-electron chi connectivity index (χ4n) is 3.25. The van der Waals surface area contributed by atoms with E-state index in [1.165, 1.54) is 16.5 Å². The maximum atomic E-state index is 2.37. The number of fused-ring (bicyclic) bond motifs is 1. The topological polar surface area (TPSA) is 0 Å². The number of allylic oxidation sites excluding steroid dienone is 1. The lowest BCUT2D eigenvalue weighted by Crippen LogP contribution is -2.50. The van der Waals surface area contributed by atoms with E-state index in [1.54, 1.807) is 0 Å². The molecule has 2 aromatic rings. The lowest BCUT2D eigenvalue weighted by Gasteiger charge is -2.39. The van der Waals surface area contributed by atoms with Gasteiger partial charge in [-0.2, -0.15) is 0 Å². The zero-order chi connectivity index (χ0) is 16.4. The Balaban J connectivity index is 2.54. The van der Waals surface area contributed by atoms with Gasteiger partial charge in [0.25, 0.3) is 0 Å². The van der Waals surface area contributed by atoms with Crippen molar-refractivity contribution < 1.29 is 0 Å². The Morgan fingerprint density at radius 2 is 1.64 bits per heavy atom. The van der Waals surface area contributed by atoms with E-state index < -0.39 is 0 Å². The average molecular weight is 296 g/mol. The number of benzene rings is 2. The number of hydrogen-bond donors (Lipinski definition) is 0. The molecular weight excluding hydrogens is 266 g/mol. The van der Waals surface area contributed by atoms with E-state index in [0.29, 0.717) is 11.5 Å². The highest BCUT2D eigenvalue weighted by Crippen LogP contribution is 2.35. The lowest BCUT2D eigenvalue weighted by molar-refractivity contribution is 0.246. The first-order chi connectivity index (χ1) is 10.3. The van der Waals surface area contributed by atoms with Crippen LogP contribution in [-0.4, -0.2) is 20.1 Å². The van der Waals surface area contributed by atoms with Crippen molar-refractivity contribution in [3.63, 3.8) is 0 Å². The highest BCUT2D eigenvalue weighted by molar-refractivity contribution is 5.93. The van der Waals surface area contributed by atoms with Crippen LogP contribution in [0.4, 0.5) is 5.69 Å². The van der Waals surface area contributed by atoms with Crippen molar-refractivity contribution in [3.8, 4) is 0 Å². The number of hydrogen-bond acceptors (Lipinski definition) is 0. The van der Waals surface area contributed by atoms with Crippen molar-refractivity contribution in [3.05, 3.63) is 54.6 Å². The molecule has 1 atom stereocenters. The number of rotatable bonds is 4. The highest BCUT2D eigenvalue weighted by Gasteiger charge is 2.33. The SMILES string of the molecule is C/C=C/C(CC(C)(C)C)[N+](C)(C)c1cccc2ccccc12.